The van der Waals surface area contributed by atoms with Crippen LogP contribution >= 0.6 is 0 Å². The number of hydrogen-bond donors (Lipinski definition) is 2. The number of hydrogen-bond acceptors (Lipinski definition) is 5. The number of phenols is 1. The average Bonchev–Trinajstić information content (AvgIpc) is 3.09. The van der Waals surface area contributed by atoms with Crippen molar-refractivity contribution in [3.8, 4) is 30.0 Å². The Morgan fingerprint density at radius 2 is 2.06 bits per heavy atom. The number of terminal acetylenes is 1. The number of fused-ring (bicyclic) bond motifs is 2. The van der Waals surface area contributed by atoms with Crippen LogP contribution in [0.15, 0.2) is 66.1 Å². The summed E-state index contributed by atoms with van der Waals surface area (Å²) in [5, 5.41) is 27.2. The van der Waals surface area contributed by atoms with Crippen molar-refractivity contribution >= 4 is 16.5 Å². The molecule has 0 saturated heterocycles. The maximum atomic E-state index is 10.9. The van der Waals surface area contributed by atoms with E-state index >= 15 is 0 Å². The van der Waals surface area contributed by atoms with Gasteiger partial charge in [0.05, 0.1) is 17.2 Å². The summed E-state index contributed by atoms with van der Waals surface area (Å²) < 4.78 is 7.49. The first-order valence-electron chi connectivity index (χ1n) is 9.65. The quantitative estimate of drug-likeness (QED) is 0.497. The Bertz CT molecular complexity index is 1380. The van der Waals surface area contributed by atoms with Gasteiger partial charge in [0.1, 0.15) is 17.4 Å². The molecule has 3 N–H and O–H groups in total. The van der Waals surface area contributed by atoms with E-state index in [1.54, 1.807) is 29.0 Å². The number of allylic oxidation sites excluding steroid dienone is 5. The molecule has 2 heterocycles. The van der Waals surface area contributed by atoms with Crippen molar-refractivity contribution in [2.45, 2.75) is 19.8 Å². The van der Waals surface area contributed by atoms with E-state index in [1.807, 2.05) is 44.2 Å². The second-order valence-electron chi connectivity index (χ2n) is 7.19. The van der Waals surface area contributed by atoms with Gasteiger partial charge in [0.25, 0.3) is 0 Å². The molecule has 1 atom stereocenters. The van der Waals surface area contributed by atoms with E-state index in [0.717, 1.165) is 16.5 Å². The number of phenolic OH excluding ortho intramolecular Hbond substituents is 1. The third-order valence-electron chi connectivity index (χ3n) is 5.33. The van der Waals surface area contributed by atoms with Crippen LogP contribution in [-0.2, 0) is 0 Å². The second-order valence-corrected chi connectivity index (χ2v) is 7.19. The van der Waals surface area contributed by atoms with Crippen molar-refractivity contribution in [1.29, 1.82) is 5.26 Å². The Morgan fingerprint density at radius 3 is 2.81 bits per heavy atom. The monoisotopic (exact) mass is 408 g/mol. The Hall–Kier alpha value is -4.42. The lowest BCUT2D eigenvalue weighted by atomic mass is 9.81. The Morgan fingerprint density at radius 1 is 1.29 bits per heavy atom. The van der Waals surface area contributed by atoms with E-state index in [0.29, 0.717) is 22.7 Å². The highest BCUT2D eigenvalue weighted by molar-refractivity contribution is 5.89. The van der Waals surface area contributed by atoms with Crippen molar-refractivity contribution in [3.05, 3.63) is 82.9 Å². The SMILES string of the molecule is C#C/C=C\C=C(/C)n1nc(C)c2c1OC(N)=C(C#N)C2c1c(O)ccc2ccccc12. The number of rotatable bonds is 3. The predicted molar refractivity (Wildman–Crippen MR) is 120 cm³/mol. The van der Waals surface area contributed by atoms with E-state index in [-0.39, 0.29) is 17.2 Å². The van der Waals surface area contributed by atoms with E-state index in [2.05, 4.69) is 17.1 Å². The van der Waals surface area contributed by atoms with E-state index < -0.39 is 5.92 Å². The number of aromatic hydroxyl groups is 1. The van der Waals surface area contributed by atoms with Gasteiger partial charge in [-0.2, -0.15) is 10.4 Å². The summed E-state index contributed by atoms with van der Waals surface area (Å²) >= 11 is 0. The molecule has 1 unspecified atom stereocenters. The van der Waals surface area contributed by atoms with E-state index in [4.69, 9.17) is 16.9 Å². The molecular weight excluding hydrogens is 388 g/mol. The fraction of sp³-hybridized carbons (Fsp3) is 0.120. The zero-order valence-corrected chi connectivity index (χ0v) is 17.1. The van der Waals surface area contributed by atoms with Crippen molar-refractivity contribution in [2.24, 2.45) is 5.73 Å². The number of aryl methyl sites for hydroxylation is 1. The van der Waals surface area contributed by atoms with Gasteiger partial charge in [-0.05, 0) is 42.8 Å². The minimum Gasteiger partial charge on any atom is -0.508 e. The zero-order chi connectivity index (χ0) is 22.1. The molecule has 6 heteroatoms. The lowest BCUT2D eigenvalue weighted by molar-refractivity contribution is 0.367. The predicted octanol–water partition coefficient (Wildman–Crippen LogP) is 4.32. The fourth-order valence-electron chi connectivity index (χ4n) is 3.94. The van der Waals surface area contributed by atoms with Crippen LogP contribution in [0.3, 0.4) is 0 Å². The summed E-state index contributed by atoms with van der Waals surface area (Å²) in [7, 11) is 0. The highest BCUT2D eigenvalue weighted by atomic mass is 16.5. The van der Waals surface area contributed by atoms with Crippen LogP contribution in [0, 0.1) is 30.6 Å². The van der Waals surface area contributed by atoms with Crippen molar-refractivity contribution in [3.63, 3.8) is 0 Å². The largest absolute Gasteiger partial charge is 0.508 e. The zero-order valence-electron chi connectivity index (χ0n) is 17.1. The minimum absolute atomic E-state index is 0.0135. The number of benzene rings is 2. The highest BCUT2D eigenvalue weighted by Crippen LogP contribution is 2.48. The van der Waals surface area contributed by atoms with Crippen molar-refractivity contribution in [2.75, 3.05) is 0 Å². The van der Waals surface area contributed by atoms with Crippen LogP contribution in [-0.4, -0.2) is 14.9 Å². The van der Waals surface area contributed by atoms with Crippen LogP contribution in [0.2, 0.25) is 0 Å². The lowest BCUT2D eigenvalue weighted by Gasteiger charge is -2.26. The molecule has 152 valence electrons. The van der Waals surface area contributed by atoms with Crippen molar-refractivity contribution in [1.82, 2.24) is 9.78 Å². The Kier molecular flexibility index (Phi) is 4.99. The molecule has 4 rings (SSSR count). The molecule has 1 aromatic heterocycles. The molecule has 0 bridgehead atoms. The summed E-state index contributed by atoms with van der Waals surface area (Å²) in [6, 6.07) is 13.3. The first kappa shape index (κ1) is 19.9. The summed E-state index contributed by atoms with van der Waals surface area (Å²) in [6.45, 7) is 3.70. The topological polar surface area (TPSA) is 97.1 Å². The van der Waals surface area contributed by atoms with Gasteiger partial charge in [-0.15, -0.1) is 6.42 Å². The van der Waals surface area contributed by atoms with Gasteiger partial charge < -0.3 is 15.6 Å². The van der Waals surface area contributed by atoms with E-state index in [1.165, 1.54) is 0 Å². The van der Waals surface area contributed by atoms with Crippen LogP contribution in [0.4, 0.5) is 0 Å². The van der Waals surface area contributed by atoms with Crippen LogP contribution in [0.5, 0.6) is 11.6 Å². The van der Waals surface area contributed by atoms with Gasteiger partial charge >= 0.3 is 0 Å². The fourth-order valence-corrected chi connectivity index (χ4v) is 3.94. The summed E-state index contributed by atoms with van der Waals surface area (Å²) in [5.74, 6) is 2.29. The van der Waals surface area contributed by atoms with Gasteiger partial charge in [0, 0.05) is 11.3 Å². The van der Waals surface area contributed by atoms with E-state index in [9.17, 15) is 10.4 Å². The molecule has 6 nitrogen and oxygen atoms in total. The smallest absolute Gasteiger partial charge is 0.228 e. The highest BCUT2D eigenvalue weighted by Gasteiger charge is 2.38. The molecule has 0 aliphatic carbocycles. The van der Waals surface area contributed by atoms with Crippen molar-refractivity contribution < 1.29 is 9.84 Å². The molecule has 0 spiro atoms. The van der Waals surface area contributed by atoms with Crippen LogP contribution < -0.4 is 10.5 Å². The van der Waals surface area contributed by atoms with Crippen LogP contribution in [0.25, 0.3) is 16.5 Å². The van der Waals surface area contributed by atoms with Gasteiger partial charge in [0.15, 0.2) is 0 Å². The molecule has 3 aromatic rings. The molecule has 0 amide bonds. The molecule has 1 aliphatic rings. The molecular formula is C25H20N4O2. The molecule has 1 aliphatic heterocycles. The first-order chi connectivity index (χ1) is 15.0. The third-order valence-corrected chi connectivity index (χ3v) is 5.33. The third kappa shape index (κ3) is 3.21. The van der Waals surface area contributed by atoms with Gasteiger partial charge in [0.2, 0.25) is 11.8 Å². The number of aromatic nitrogens is 2. The summed E-state index contributed by atoms with van der Waals surface area (Å²) in [6.07, 6.45) is 10.4. The second kappa shape index (κ2) is 7.78. The average molecular weight is 408 g/mol. The van der Waals surface area contributed by atoms with Gasteiger partial charge in [-0.1, -0.05) is 42.3 Å². The maximum Gasteiger partial charge on any atom is 0.228 e. The molecule has 0 radical (unpaired) electrons. The Balaban J connectivity index is 2.02. The number of nitrogens with two attached hydrogens (primary N) is 1. The maximum absolute atomic E-state index is 10.9. The molecule has 31 heavy (non-hydrogen) atoms. The van der Waals surface area contributed by atoms with Gasteiger partial charge in [-0.25, -0.2) is 4.68 Å². The molecule has 0 fully saturated rings. The number of nitriles is 1. The number of nitrogens with zero attached hydrogens (tertiary/aromatic N) is 3. The summed E-state index contributed by atoms with van der Waals surface area (Å²) in [4.78, 5) is 0. The lowest BCUT2D eigenvalue weighted by Crippen LogP contribution is -2.22. The first-order valence-corrected chi connectivity index (χ1v) is 9.65. The molecule has 0 saturated carbocycles. The Labute approximate surface area is 180 Å². The number of ether oxygens (including phenoxy) is 1. The van der Waals surface area contributed by atoms with Gasteiger partial charge in [-0.3, -0.25) is 0 Å². The minimum atomic E-state index is -0.623. The summed E-state index contributed by atoms with van der Waals surface area (Å²) in [5.41, 5.74) is 9.12. The standard InChI is InChI=1S/C25H20N4O2/c1-4-5-6-9-15(2)29-25-21(16(3)28-29)23(19(14-26)24(27)31-25)22-18-11-8-7-10-17(18)12-13-20(22)30/h1,5-13,23,30H,27H2,2-3H3/b6-5-,15-9+. The normalized spacial score (nSPS) is 16.1. The van der Waals surface area contributed by atoms with Crippen LogP contribution in [0.1, 0.15) is 29.7 Å². The molecule has 2 aromatic carbocycles.